The molecule has 1 atom stereocenters. The number of rotatable bonds is 4. The Morgan fingerprint density at radius 3 is 2.71 bits per heavy atom. The minimum absolute atomic E-state index is 0.00677. The van der Waals surface area contributed by atoms with Crippen molar-refractivity contribution in [2.24, 2.45) is 0 Å². The quantitative estimate of drug-likeness (QED) is 0.768. The van der Waals surface area contributed by atoms with E-state index in [-0.39, 0.29) is 11.9 Å². The van der Waals surface area contributed by atoms with Gasteiger partial charge in [-0.05, 0) is 42.3 Å². The highest BCUT2D eigenvalue weighted by atomic mass is 32.1. The van der Waals surface area contributed by atoms with Crippen LogP contribution < -0.4 is 10.6 Å². The van der Waals surface area contributed by atoms with Gasteiger partial charge in [-0.1, -0.05) is 18.2 Å². The van der Waals surface area contributed by atoms with Gasteiger partial charge in [0.1, 0.15) is 0 Å². The molecule has 0 unspecified atom stereocenters. The SMILES string of the molecule is O=C(Nc1nc(-c2cccc(-c3ccncc3)c2)cs1)[C@H]1CCN1. The fourth-order valence-corrected chi connectivity index (χ4v) is 3.29. The van der Waals surface area contributed by atoms with Gasteiger partial charge in [0, 0.05) is 23.3 Å². The number of thiazole rings is 1. The predicted octanol–water partition coefficient (Wildman–Crippen LogP) is 3.17. The van der Waals surface area contributed by atoms with E-state index in [1.54, 1.807) is 12.4 Å². The second kappa shape index (κ2) is 6.51. The molecule has 2 aromatic heterocycles. The van der Waals surface area contributed by atoms with E-state index in [9.17, 15) is 4.79 Å². The summed E-state index contributed by atoms with van der Waals surface area (Å²) in [4.78, 5) is 20.6. The van der Waals surface area contributed by atoms with Crippen LogP contribution in [-0.4, -0.2) is 28.5 Å². The molecule has 0 bridgehead atoms. The molecule has 120 valence electrons. The molecule has 1 aliphatic heterocycles. The van der Waals surface area contributed by atoms with Crippen LogP contribution in [0.1, 0.15) is 6.42 Å². The van der Waals surface area contributed by atoms with E-state index in [2.05, 4.69) is 32.7 Å². The zero-order chi connectivity index (χ0) is 16.4. The standard InChI is InChI=1S/C18H16N4OS/c23-17(15-6-9-20-15)22-18-21-16(11-24-18)14-3-1-2-13(10-14)12-4-7-19-8-5-12/h1-5,7-8,10-11,15,20H,6,9H2,(H,21,22,23)/t15-/m1/s1. The Hall–Kier alpha value is -2.57. The van der Waals surface area contributed by atoms with Gasteiger partial charge in [-0.25, -0.2) is 4.98 Å². The van der Waals surface area contributed by atoms with E-state index in [4.69, 9.17) is 0 Å². The number of aromatic nitrogens is 2. The smallest absolute Gasteiger partial charge is 0.243 e. The van der Waals surface area contributed by atoms with Crippen LogP contribution >= 0.6 is 11.3 Å². The van der Waals surface area contributed by atoms with Crippen LogP contribution in [0.4, 0.5) is 5.13 Å². The van der Waals surface area contributed by atoms with Gasteiger partial charge in [-0.15, -0.1) is 11.3 Å². The number of carbonyl (C=O) groups is 1. The van der Waals surface area contributed by atoms with Crippen molar-refractivity contribution in [3.05, 3.63) is 54.2 Å². The largest absolute Gasteiger partial charge is 0.306 e. The van der Waals surface area contributed by atoms with Crippen LogP contribution in [0, 0.1) is 0 Å². The first-order valence-electron chi connectivity index (χ1n) is 7.80. The molecule has 0 aliphatic carbocycles. The Morgan fingerprint density at radius 1 is 1.17 bits per heavy atom. The summed E-state index contributed by atoms with van der Waals surface area (Å²) in [5.74, 6) is -0.00677. The number of nitrogens with one attached hydrogen (secondary N) is 2. The van der Waals surface area contributed by atoms with Crippen molar-refractivity contribution in [3.8, 4) is 22.4 Å². The van der Waals surface area contributed by atoms with E-state index >= 15 is 0 Å². The highest BCUT2D eigenvalue weighted by molar-refractivity contribution is 7.14. The first-order valence-corrected chi connectivity index (χ1v) is 8.68. The van der Waals surface area contributed by atoms with Crippen LogP contribution in [0.2, 0.25) is 0 Å². The topological polar surface area (TPSA) is 66.9 Å². The van der Waals surface area contributed by atoms with Gasteiger partial charge in [0.15, 0.2) is 5.13 Å². The van der Waals surface area contributed by atoms with Gasteiger partial charge in [0.25, 0.3) is 0 Å². The summed E-state index contributed by atoms with van der Waals surface area (Å²) in [6, 6.07) is 12.1. The van der Waals surface area contributed by atoms with Crippen LogP contribution in [0.5, 0.6) is 0 Å². The predicted molar refractivity (Wildman–Crippen MR) is 95.8 cm³/mol. The zero-order valence-electron chi connectivity index (χ0n) is 12.9. The first kappa shape index (κ1) is 15.0. The van der Waals surface area contributed by atoms with Gasteiger partial charge >= 0.3 is 0 Å². The van der Waals surface area contributed by atoms with Gasteiger partial charge in [0.2, 0.25) is 5.91 Å². The minimum Gasteiger partial charge on any atom is -0.306 e. The lowest BCUT2D eigenvalue weighted by Crippen LogP contribution is -2.50. The molecular formula is C18H16N4OS. The number of carbonyl (C=O) groups excluding carboxylic acids is 1. The number of hydrogen-bond donors (Lipinski definition) is 2. The highest BCUT2D eigenvalue weighted by Crippen LogP contribution is 2.28. The third-order valence-electron chi connectivity index (χ3n) is 4.05. The number of amides is 1. The number of pyridine rings is 1. The number of benzene rings is 1. The summed E-state index contributed by atoms with van der Waals surface area (Å²) in [5, 5.41) is 8.57. The molecule has 0 saturated carbocycles. The summed E-state index contributed by atoms with van der Waals surface area (Å²) in [6.07, 6.45) is 4.46. The van der Waals surface area contributed by atoms with Crippen molar-refractivity contribution >= 4 is 22.4 Å². The number of nitrogens with zero attached hydrogens (tertiary/aromatic N) is 2. The molecule has 24 heavy (non-hydrogen) atoms. The van der Waals surface area contributed by atoms with Crippen LogP contribution in [0.15, 0.2) is 54.2 Å². The summed E-state index contributed by atoms with van der Waals surface area (Å²) in [7, 11) is 0. The first-order chi connectivity index (χ1) is 11.8. The molecule has 5 nitrogen and oxygen atoms in total. The number of anilines is 1. The van der Waals surface area contributed by atoms with E-state index in [0.29, 0.717) is 5.13 Å². The maximum atomic E-state index is 12.0. The Bertz CT molecular complexity index is 858. The minimum atomic E-state index is -0.0765. The van der Waals surface area contributed by atoms with Crippen LogP contribution in [0.3, 0.4) is 0 Å². The Labute approximate surface area is 143 Å². The molecular weight excluding hydrogens is 320 g/mol. The third kappa shape index (κ3) is 3.06. The van der Waals surface area contributed by atoms with Gasteiger partial charge in [-0.2, -0.15) is 0 Å². The van der Waals surface area contributed by atoms with Crippen molar-refractivity contribution < 1.29 is 4.79 Å². The zero-order valence-corrected chi connectivity index (χ0v) is 13.7. The molecule has 1 aromatic carbocycles. The molecule has 0 radical (unpaired) electrons. The molecule has 3 aromatic rings. The summed E-state index contributed by atoms with van der Waals surface area (Å²) < 4.78 is 0. The highest BCUT2D eigenvalue weighted by Gasteiger charge is 2.25. The Morgan fingerprint density at radius 2 is 1.96 bits per heavy atom. The molecule has 6 heteroatoms. The lowest BCUT2D eigenvalue weighted by atomic mass is 10.0. The second-order valence-electron chi connectivity index (χ2n) is 5.64. The maximum Gasteiger partial charge on any atom is 0.243 e. The lowest BCUT2D eigenvalue weighted by molar-refractivity contribution is -0.119. The molecule has 1 saturated heterocycles. The van der Waals surface area contributed by atoms with Crippen LogP contribution in [0.25, 0.3) is 22.4 Å². The summed E-state index contributed by atoms with van der Waals surface area (Å²) in [6.45, 7) is 0.906. The molecule has 2 N–H and O–H groups in total. The van der Waals surface area contributed by atoms with E-state index in [1.165, 1.54) is 11.3 Å². The Kier molecular flexibility index (Phi) is 4.06. The van der Waals surface area contributed by atoms with Crippen molar-refractivity contribution in [2.75, 3.05) is 11.9 Å². The fourth-order valence-electron chi connectivity index (χ4n) is 2.57. The fraction of sp³-hybridized carbons (Fsp3) is 0.167. The molecule has 4 rings (SSSR count). The van der Waals surface area contributed by atoms with Gasteiger partial charge in [0.05, 0.1) is 11.7 Å². The van der Waals surface area contributed by atoms with E-state index in [0.717, 1.165) is 35.3 Å². The van der Waals surface area contributed by atoms with E-state index < -0.39 is 0 Å². The van der Waals surface area contributed by atoms with Crippen molar-refractivity contribution in [1.29, 1.82) is 0 Å². The van der Waals surface area contributed by atoms with Crippen molar-refractivity contribution in [1.82, 2.24) is 15.3 Å². The molecule has 1 amide bonds. The van der Waals surface area contributed by atoms with Gasteiger partial charge in [-0.3, -0.25) is 9.78 Å². The molecule has 1 fully saturated rings. The average molecular weight is 336 g/mol. The normalized spacial score (nSPS) is 16.4. The maximum absolute atomic E-state index is 12.0. The summed E-state index contributed by atoms with van der Waals surface area (Å²) in [5.41, 5.74) is 4.13. The Balaban J connectivity index is 1.55. The van der Waals surface area contributed by atoms with Gasteiger partial charge < -0.3 is 10.6 Å². The van der Waals surface area contributed by atoms with E-state index in [1.807, 2.05) is 29.6 Å². The average Bonchev–Trinajstić information content (AvgIpc) is 3.02. The molecule has 3 heterocycles. The second-order valence-corrected chi connectivity index (χ2v) is 6.50. The lowest BCUT2D eigenvalue weighted by Gasteiger charge is -2.25. The van der Waals surface area contributed by atoms with Crippen molar-refractivity contribution in [2.45, 2.75) is 12.5 Å². The molecule has 0 spiro atoms. The van der Waals surface area contributed by atoms with Crippen molar-refractivity contribution in [3.63, 3.8) is 0 Å². The monoisotopic (exact) mass is 336 g/mol. The summed E-state index contributed by atoms with van der Waals surface area (Å²) >= 11 is 1.45. The number of hydrogen-bond acceptors (Lipinski definition) is 5. The third-order valence-corrected chi connectivity index (χ3v) is 4.80. The molecule has 1 aliphatic rings. The van der Waals surface area contributed by atoms with Crippen LogP contribution in [-0.2, 0) is 4.79 Å².